The molecule has 0 aromatic carbocycles. The Bertz CT molecular complexity index is 267. The van der Waals surface area contributed by atoms with Crippen LogP contribution < -0.4 is 5.73 Å². The zero-order valence-corrected chi connectivity index (χ0v) is 6.49. The molecule has 1 aromatic rings. The van der Waals surface area contributed by atoms with Crippen LogP contribution in [-0.2, 0) is 6.54 Å². The molecule has 0 aliphatic rings. The highest BCUT2D eigenvalue weighted by Crippen LogP contribution is 2.06. The minimum Gasteiger partial charge on any atom is -0.324 e. The first kappa shape index (κ1) is 7.83. The van der Waals surface area contributed by atoms with Crippen molar-refractivity contribution in [2.24, 2.45) is 5.73 Å². The van der Waals surface area contributed by atoms with Gasteiger partial charge < -0.3 is 5.73 Å². The number of nitrogens with two attached hydrogens (primary N) is 1. The first-order valence-electron chi connectivity index (χ1n) is 3.45. The van der Waals surface area contributed by atoms with Crippen molar-refractivity contribution in [2.75, 3.05) is 0 Å². The van der Waals surface area contributed by atoms with E-state index in [4.69, 9.17) is 12.2 Å². The van der Waals surface area contributed by atoms with Gasteiger partial charge in [-0.2, -0.15) is 5.10 Å². The molecule has 1 unspecified atom stereocenters. The lowest BCUT2D eigenvalue weighted by molar-refractivity contribution is 0.712. The summed E-state index contributed by atoms with van der Waals surface area (Å²) < 4.78 is 1.69. The van der Waals surface area contributed by atoms with Crippen LogP contribution in [0.3, 0.4) is 0 Å². The van der Waals surface area contributed by atoms with Crippen molar-refractivity contribution < 1.29 is 0 Å². The highest BCUT2D eigenvalue weighted by Gasteiger charge is 2.00. The summed E-state index contributed by atoms with van der Waals surface area (Å²) in [5.74, 6) is 2.50. The van der Waals surface area contributed by atoms with Gasteiger partial charge in [0.2, 0.25) is 0 Å². The minimum absolute atomic E-state index is 0.0292. The summed E-state index contributed by atoms with van der Waals surface area (Å²) in [5.41, 5.74) is 6.63. The Morgan fingerprint density at radius 1 is 1.91 bits per heavy atom. The third-order valence-corrected chi connectivity index (χ3v) is 1.43. The molecular formula is C8H11N3. The van der Waals surface area contributed by atoms with Gasteiger partial charge in [-0.25, -0.2) is 0 Å². The predicted molar refractivity (Wildman–Crippen MR) is 43.7 cm³/mol. The molecule has 3 nitrogen and oxygen atoms in total. The van der Waals surface area contributed by atoms with Gasteiger partial charge >= 0.3 is 0 Å². The average Bonchev–Trinajstić information content (AvgIpc) is 2.37. The van der Waals surface area contributed by atoms with E-state index in [9.17, 15) is 0 Å². The van der Waals surface area contributed by atoms with Crippen molar-refractivity contribution >= 4 is 0 Å². The van der Waals surface area contributed by atoms with E-state index in [1.807, 2.05) is 13.1 Å². The molecule has 0 saturated heterocycles. The zero-order chi connectivity index (χ0) is 8.27. The van der Waals surface area contributed by atoms with E-state index < -0.39 is 0 Å². The fraction of sp³-hybridized carbons (Fsp3) is 0.375. The van der Waals surface area contributed by atoms with Gasteiger partial charge in [-0.3, -0.25) is 4.68 Å². The topological polar surface area (TPSA) is 43.8 Å². The summed E-state index contributed by atoms with van der Waals surface area (Å²) in [6.45, 7) is 2.42. The molecule has 0 aliphatic carbocycles. The van der Waals surface area contributed by atoms with Gasteiger partial charge in [0.05, 0.1) is 6.20 Å². The van der Waals surface area contributed by atoms with Crippen LogP contribution in [0, 0.1) is 12.3 Å². The summed E-state index contributed by atoms with van der Waals surface area (Å²) >= 11 is 0. The Labute approximate surface area is 66.2 Å². The Morgan fingerprint density at radius 3 is 3.09 bits per heavy atom. The Balaban J connectivity index is 2.75. The molecule has 0 radical (unpaired) electrons. The molecule has 1 heterocycles. The van der Waals surface area contributed by atoms with E-state index in [2.05, 4.69) is 11.0 Å². The van der Waals surface area contributed by atoms with Crippen molar-refractivity contribution in [2.45, 2.75) is 19.5 Å². The SMILES string of the molecule is C#CCn1cc(C(C)N)cn1. The fourth-order valence-corrected chi connectivity index (χ4v) is 0.795. The normalized spacial score (nSPS) is 12.5. The van der Waals surface area contributed by atoms with E-state index in [-0.39, 0.29) is 6.04 Å². The van der Waals surface area contributed by atoms with Crippen LogP contribution in [0.2, 0.25) is 0 Å². The Hall–Kier alpha value is -1.27. The number of hydrogen-bond acceptors (Lipinski definition) is 2. The molecule has 3 heteroatoms. The number of nitrogens with zero attached hydrogens (tertiary/aromatic N) is 2. The highest BCUT2D eigenvalue weighted by atomic mass is 15.3. The largest absolute Gasteiger partial charge is 0.324 e. The molecule has 1 aromatic heterocycles. The standard InChI is InChI=1S/C8H11N3/c1-3-4-11-6-8(5-10-11)7(2)9/h1,5-7H,4,9H2,2H3. The number of aromatic nitrogens is 2. The first-order valence-corrected chi connectivity index (χ1v) is 3.45. The quantitative estimate of drug-likeness (QED) is 0.623. The fourth-order valence-electron chi connectivity index (χ4n) is 0.795. The number of rotatable bonds is 2. The predicted octanol–water partition coefficient (Wildman–Crippen LogP) is 0.536. The second-order valence-corrected chi connectivity index (χ2v) is 2.46. The third-order valence-electron chi connectivity index (χ3n) is 1.43. The molecular weight excluding hydrogens is 138 g/mol. The molecule has 0 amide bonds. The molecule has 0 fully saturated rings. The van der Waals surface area contributed by atoms with Crippen LogP contribution >= 0.6 is 0 Å². The summed E-state index contributed by atoms with van der Waals surface area (Å²) in [5, 5.41) is 4.02. The van der Waals surface area contributed by atoms with E-state index in [1.54, 1.807) is 10.9 Å². The summed E-state index contributed by atoms with van der Waals surface area (Å²) in [6.07, 6.45) is 8.71. The molecule has 1 atom stereocenters. The van der Waals surface area contributed by atoms with Crippen molar-refractivity contribution in [3.63, 3.8) is 0 Å². The van der Waals surface area contributed by atoms with Gasteiger partial charge in [-0.05, 0) is 6.92 Å². The van der Waals surface area contributed by atoms with Gasteiger partial charge in [0.15, 0.2) is 0 Å². The van der Waals surface area contributed by atoms with Crippen molar-refractivity contribution in [1.29, 1.82) is 0 Å². The van der Waals surface area contributed by atoms with Gasteiger partial charge in [-0.1, -0.05) is 5.92 Å². The third kappa shape index (κ3) is 1.82. The molecule has 0 bridgehead atoms. The van der Waals surface area contributed by atoms with E-state index >= 15 is 0 Å². The van der Waals surface area contributed by atoms with Crippen LogP contribution in [0.4, 0.5) is 0 Å². The number of terminal acetylenes is 1. The van der Waals surface area contributed by atoms with Crippen LogP contribution in [0.15, 0.2) is 12.4 Å². The Kier molecular flexibility index (Phi) is 2.29. The summed E-state index contributed by atoms with van der Waals surface area (Å²) in [6, 6.07) is 0.0292. The highest BCUT2D eigenvalue weighted by molar-refractivity contribution is 5.08. The van der Waals surface area contributed by atoms with Crippen molar-refractivity contribution in [1.82, 2.24) is 9.78 Å². The summed E-state index contributed by atoms with van der Waals surface area (Å²) in [4.78, 5) is 0. The molecule has 0 spiro atoms. The minimum atomic E-state index is 0.0292. The maximum Gasteiger partial charge on any atom is 0.101 e. The van der Waals surface area contributed by atoms with E-state index in [0.717, 1.165) is 5.56 Å². The second kappa shape index (κ2) is 3.22. The lowest BCUT2D eigenvalue weighted by Crippen LogP contribution is -2.03. The molecule has 58 valence electrons. The Morgan fingerprint density at radius 2 is 2.64 bits per heavy atom. The van der Waals surface area contributed by atoms with Crippen LogP contribution in [0.1, 0.15) is 18.5 Å². The van der Waals surface area contributed by atoms with Crippen molar-refractivity contribution in [3.05, 3.63) is 18.0 Å². The first-order chi connectivity index (χ1) is 5.24. The maximum absolute atomic E-state index is 5.62. The van der Waals surface area contributed by atoms with E-state index in [0.29, 0.717) is 6.54 Å². The van der Waals surface area contributed by atoms with E-state index in [1.165, 1.54) is 0 Å². The number of hydrogen-bond donors (Lipinski definition) is 1. The van der Waals surface area contributed by atoms with Gasteiger partial charge in [0.25, 0.3) is 0 Å². The van der Waals surface area contributed by atoms with Crippen LogP contribution in [0.25, 0.3) is 0 Å². The lowest BCUT2D eigenvalue weighted by atomic mass is 10.2. The molecule has 2 N–H and O–H groups in total. The van der Waals surface area contributed by atoms with Gasteiger partial charge in [0.1, 0.15) is 6.54 Å². The molecule has 1 rings (SSSR count). The maximum atomic E-state index is 5.62. The molecule has 11 heavy (non-hydrogen) atoms. The smallest absolute Gasteiger partial charge is 0.101 e. The van der Waals surface area contributed by atoms with Gasteiger partial charge in [-0.15, -0.1) is 6.42 Å². The van der Waals surface area contributed by atoms with Crippen LogP contribution in [-0.4, -0.2) is 9.78 Å². The second-order valence-electron chi connectivity index (χ2n) is 2.46. The molecule has 0 aliphatic heterocycles. The average molecular weight is 149 g/mol. The zero-order valence-electron chi connectivity index (χ0n) is 6.49. The molecule has 0 saturated carbocycles. The summed E-state index contributed by atoms with van der Waals surface area (Å²) in [7, 11) is 0. The van der Waals surface area contributed by atoms with Crippen LogP contribution in [0.5, 0.6) is 0 Å². The monoisotopic (exact) mass is 149 g/mol. The lowest BCUT2D eigenvalue weighted by Gasteiger charge is -1.97. The van der Waals surface area contributed by atoms with Gasteiger partial charge in [0, 0.05) is 17.8 Å². The van der Waals surface area contributed by atoms with Crippen molar-refractivity contribution in [3.8, 4) is 12.3 Å².